The highest BCUT2D eigenvalue weighted by atomic mass is 16.4. The zero-order chi connectivity index (χ0) is 22.5. The highest BCUT2D eigenvalue weighted by molar-refractivity contribution is 5.74. The van der Waals surface area contributed by atoms with Crippen LogP contribution >= 0.6 is 0 Å². The molecule has 0 aliphatic heterocycles. The number of amides is 4. The minimum absolute atomic E-state index is 0.169. The molecule has 4 amide bonds. The maximum Gasteiger partial charge on any atom is 0.314 e. The number of carboxylic acids is 2. The Balaban J connectivity index is 3.31. The average Bonchev–Trinajstić information content (AvgIpc) is 2.68. The first-order chi connectivity index (χ1) is 14.4. The molecule has 174 valence electrons. The van der Waals surface area contributed by atoms with Gasteiger partial charge in [0.05, 0.1) is 0 Å². The molecule has 0 aliphatic rings. The fraction of sp³-hybridized carbons (Fsp3) is 0.800. The predicted octanol–water partition coefficient (Wildman–Crippen LogP) is 2.44. The first-order valence-corrected chi connectivity index (χ1v) is 10.9. The minimum atomic E-state index is -0.790. The standard InChI is InChI=1S/C20H38N4O6/c25-17(26)11-5-3-9-15-23-19(29)21-13-7-1-2-8-14-22-20(30)24-16-10-4-6-12-18(27)28/h1-16H2,(H,25,26)(H,27,28)(H2,21,23,29)(H2,22,24,30). The van der Waals surface area contributed by atoms with E-state index in [0.717, 1.165) is 51.4 Å². The van der Waals surface area contributed by atoms with Gasteiger partial charge in [-0.2, -0.15) is 0 Å². The molecule has 0 aromatic heterocycles. The molecule has 0 saturated heterocycles. The molecule has 0 bridgehead atoms. The van der Waals surface area contributed by atoms with Gasteiger partial charge in [-0.1, -0.05) is 25.7 Å². The van der Waals surface area contributed by atoms with Crippen molar-refractivity contribution < 1.29 is 29.4 Å². The van der Waals surface area contributed by atoms with Crippen molar-refractivity contribution >= 4 is 24.0 Å². The van der Waals surface area contributed by atoms with Crippen LogP contribution in [-0.4, -0.2) is 60.4 Å². The van der Waals surface area contributed by atoms with E-state index in [1.165, 1.54) is 0 Å². The number of hydrogen-bond donors (Lipinski definition) is 6. The first kappa shape index (κ1) is 27.5. The number of carboxylic acid groups (broad SMARTS) is 2. The van der Waals surface area contributed by atoms with E-state index in [4.69, 9.17) is 10.2 Å². The molecule has 0 aromatic carbocycles. The lowest BCUT2D eigenvalue weighted by atomic mass is 10.2. The fourth-order valence-electron chi connectivity index (χ4n) is 2.69. The van der Waals surface area contributed by atoms with Gasteiger partial charge < -0.3 is 31.5 Å². The first-order valence-electron chi connectivity index (χ1n) is 10.9. The summed E-state index contributed by atoms with van der Waals surface area (Å²) in [5.74, 6) is -1.58. The zero-order valence-electron chi connectivity index (χ0n) is 17.8. The van der Waals surface area contributed by atoms with Crippen LogP contribution in [0.4, 0.5) is 9.59 Å². The van der Waals surface area contributed by atoms with E-state index in [1.807, 2.05) is 0 Å². The van der Waals surface area contributed by atoms with Crippen molar-refractivity contribution in [3.63, 3.8) is 0 Å². The summed E-state index contributed by atoms with van der Waals surface area (Å²) < 4.78 is 0. The van der Waals surface area contributed by atoms with Crippen molar-refractivity contribution in [1.82, 2.24) is 21.3 Å². The largest absolute Gasteiger partial charge is 0.481 e. The van der Waals surface area contributed by atoms with Gasteiger partial charge in [0.1, 0.15) is 0 Å². The number of aliphatic carboxylic acids is 2. The predicted molar refractivity (Wildman–Crippen MR) is 113 cm³/mol. The summed E-state index contributed by atoms with van der Waals surface area (Å²) in [5, 5.41) is 28.1. The second-order valence-electron chi connectivity index (χ2n) is 7.19. The zero-order valence-corrected chi connectivity index (χ0v) is 17.8. The van der Waals surface area contributed by atoms with E-state index in [2.05, 4.69) is 21.3 Å². The second kappa shape index (κ2) is 19.8. The maximum atomic E-state index is 11.6. The molecule has 0 aliphatic carbocycles. The summed E-state index contributed by atoms with van der Waals surface area (Å²) in [5.41, 5.74) is 0. The average molecular weight is 431 g/mol. The second-order valence-corrected chi connectivity index (χ2v) is 7.19. The van der Waals surface area contributed by atoms with Crippen LogP contribution in [0.3, 0.4) is 0 Å². The number of urea groups is 2. The Hall–Kier alpha value is -2.52. The third-order valence-electron chi connectivity index (χ3n) is 4.38. The lowest BCUT2D eigenvalue weighted by molar-refractivity contribution is -0.138. The normalized spacial score (nSPS) is 10.3. The molecule has 0 unspecified atom stereocenters. The molecule has 10 heteroatoms. The number of nitrogens with one attached hydrogen (secondary N) is 4. The lowest BCUT2D eigenvalue weighted by Crippen LogP contribution is -2.36. The number of rotatable bonds is 19. The van der Waals surface area contributed by atoms with Crippen LogP contribution in [0.25, 0.3) is 0 Å². The third kappa shape index (κ3) is 21.8. The Bertz CT molecular complexity index is 458. The van der Waals surface area contributed by atoms with Crippen LogP contribution < -0.4 is 21.3 Å². The monoisotopic (exact) mass is 430 g/mol. The molecule has 0 fully saturated rings. The summed E-state index contributed by atoms with van der Waals surface area (Å²) in [6.45, 7) is 2.28. The summed E-state index contributed by atoms with van der Waals surface area (Å²) >= 11 is 0. The van der Waals surface area contributed by atoms with E-state index in [9.17, 15) is 19.2 Å². The molecule has 0 aromatic rings. The van der Waals surface area contributed by atoms with Gasteiger partial charge in [0, 0.05) is 39.0 Å². The van der Waals surface area contributed by atoms with Gasteiger partial charge in [-0.15, -0.1) is 0 Å². The van der Waals surface area contributed by atoms with Gasteiger partial charge in [0.15, 0.2) is 0 Å². The van der Waals surface area contributed by atoms with E-state index < -0.39 is 11.9 Å². The Morgan fingerprint density at radius 3 is 0.967 bits per heavy atom. The Kier molecular flexibility index (Phi) is 18.1. The molecule has 0 atom stereocenters. The molecule has 0 rings (SSSR count). The Morgan fingerprint density at radius 1 is 0.433 bits per heavy atom. The molecule has 0 heterocycles. The highest BCUT2D eigenvalue weighted by Crippen LogP contribution is 2.00. The number of unbranched alkanes of at least 4 members (excludes halogenated alkanes) is 7. The van der Waals surface area contributed by atoms with Crippen molar-refractivity contribution in [3.05, 3.63) is 0 Å². The number of carbonyl (C=O) groups is 4. The molecule has 0 saturated carbocycles. The fourth-order valence-corrected chi connectivity index (χ4v) is 2.69. The molecule has 10 nitrogen and oxygen atoms in total. The summed E-state index contributed by atoms with van der Waals surface area (Å²) in [6.07, 6.45) is 8.36. The topological polar surface area (TPSA) is 157 Å². The van der Waals surface area contributed by atoms with Crippen LogP contribution in [-0.2, 0) is 9.59 Å². The minimum Gasteiger partial charge on any atom is -0.481 e. The van der Waals surface area contributed by atoms with Gasteiger partial charge >= 0.3 is 24.0 Å². The van der Waals surface area contributed by atoms with E-state index in [-0.39, 0.29) is 24.9 Å². The quantitative estimate of drug-likeness (QED) is 0.173. The number of carbonyl (C=O) groups excluding carboxylic acids is 2. The number of hydrogen-bond acceptors (Lipinski definition) is 4. The van der Waals surface area contributed by atoms with Crippen molar-refractivity contribution in [1.29, 1.82) is 0 Å². The van der Waals surface area contributed by atoms with Gasteiger partial charge in [-0.25, -0.2) is 9.59 Å². The van der Waals surface area contributed by atoms with E-state index in [0.29, 0.717) is 39.0 Å². The highest BCUT2D eigenvalue weighted by Gasteiger charge is 2.01. The maximum absolute atomic E-state index is 11.6. The molecular formula is C20H38N4O6. The van der Waals surface area contributed by atoms with Crippen LogP contribution in [0.1, 0.15) is 77.0 Å². The Morgan fingerprint density at radius 2 is 0.700 bits per heavy atom. The molecular weight excluding hydrogens is 392 g/mol. The molecule has 0 spiro atoms. The van der Waals surface area contributed by atoms with Crippen LogP contribution in [0.5, 0.6) is 0 Å². The smallest absolute Gasteiger partial charge is 0.314 e. The summed E-state index contributed by atoms with van der Waals surface area (Å²) in [4.78, 5) is 43.9. The van der Waals surface area contributed by atoms with E-state index >= 15 is 0 Å². The molecule has 30 heavy (non-hydrogen) atoms. The Labute approximate surface area is 178 Å². The molecule has 0 radical (unpaired) electrons. The lowest BCUT2D eigenvalue weighted by Gasteiger charge is -2.08. The summed E-state index contributed by atoms with van der Waals surface area (Å²) in [7, 11) is 0. The van der Waals surface area contributed by atoms with Crippen molar-refractivity contribution in [3.8, 4) is 0 Å². The van der Waals surface area contributed by atoms with Gasteiger partial charge in [-0.05, 0) is 38.5 Å². The van der Waals surface area contributed by atoms with E-state index in [1.54, 1.807) is 0 Å². The van der Waals surface area contributed by atoms with Crippen LogP contribution in [0.15, 0.2) is 0 Å². The van der Waals surface area contributed by atoms with Gasteiger partial charge in [0.25, 0.3) is 0 Å². The van der Waals surface area contributed by atoms with Crippen molar-refractivity contribution in [2.75, 3.05) is 26.2 Å². The summed E-state index contributed by atoms with van der Waals surface area (Å²) in [6, 6.07) is -0.399. The van der Waals surface area contributed by atoms with Crippen molar-refractivity contribution in [2.24, 2.45) is 0 Å². The van der Waals surface area contributed by atoms with Crippen molar-refractivity contribution in [2.45, 2.75) is 77.0 Å². The molecule has 6 N–H and O–H groups in total. The van der Waals surface area contributed by atoms with Gasteiger partial charge in [0.2, 0.25) is 0 Å². The van der Waals surface area contributed by atoms with Crippen LogP contribution in [0.2, 0.25) is 0 Å². The van der Waals surface area contributed by atoms with Crippen LogP contribution in [0, 0.1) is 0 Å². The van der Waals surface area contributed by atoms with Gasteiger partial charge in [-0.3, -0.25) is 9.59 Å². The SMILES string of the molecule is O=C(O)CCCCCNC(=O)NCCCCCCNC(=O)NCCCCCC(=O)O. The third-order valence-corrected chi connectivity index (χ3v) is 4.38.